The Morgan fingerprint density at radius 1 is 1.24 bits per heavy atom. The largest absolute Gasteiger partial charge is 0.493 e. The number of nitrogens with zero attached hydrogens (tertiary/aromatic N) is 4. The summed E-state index contributed by atoms with van der Waals surface area (Å²) in [6.45, 7) is 5.69. The van der Waals surface area contributed by atoms with Crippen molar-refractivity contribution in [3.05, 3.63) is 67.4 Å². The zero-order valence-corrected chi connectivity index (χ0v) is 21.1. The van der Waals surface area contributed by atoms with Gasteiger partial charge in [-0.3, -0.25) is 14.7 Å². The summed E-state index contributed by atoms with van der Waals surface area (Å²) in [5.74, 6) is 3.97. The van der Waals surface area contributed by atoms with Crippen LogP contribution in [-0.4, -0.2) is 39.9 Å². The second-order valence-corrected chi connectivity index (χ2v) is 9.31. The van der Waals surface area contributed by atoms with Crippen LogP contribution in [0.3, 0.4) is 0 Å². The van der Waals surface area contributed by atoms with Crippen LogP contribution in [-0.2, 0) is 0 Å². The third-order valence-corrected chi connectivity index (χ3v) is 6.80. The molecule has 172 valence electrons. The average molecular weight is 531 g/mol. The standard InChI is InChI=1S/C23H23BrN4O4S/c1-6-9-32-22-19(24)11-17(12-20(22)31-5)21(13-27(29)30)33-23-26-25-16(4)28(23)18-8-7-14(2)15(3)10-18/h1,7-8,10-12,21H,9,13H2,2-5H3/t21-/m0/s1. The number of aromatic nitrogens is 3. The van der Waals surface area contributed by atoms with Crippen LogP contribution in [0, 0.1) is 43.2 Å². The van der Waals surface area contributed by atoms with Gasteiger partial charge in [-0.1, -0.05) is 23.7 Å². The number of halogens is 1. The van der Waals surface area contributed by atoms with Gasteiger partial charge >= 0.3 is 0 Å². The van der Waals surface area contributed by atoms with E-state index in [1.54, 1.807) is 12.1 Å². The Morgan fingerprint density at radius 3 is 2.64 bits per heavy atom. The van der Waals surface area contributed by atoms with E-state index in [0.717, 1.165) is 11.3 Å². The van der Waals surface area contributed by atoms with Gasteiger partial charge in [0, 0.05) is 10.6 Å². The molecule has 10 heteroatoms. The Hall–Kier alpha value is -3.03. The molecule has 2 aromatic carbocycles. The molecule has 0 aliphatic rings. The Morgan fingerprint density at radius 2 is 2.00 bits per heavy atom. The number of hydrogen-bond acceptors (Lipinski definition) is 7. The van der Waals surface area contributed by atoms with Gasteiger partial charge in [0.1, 0.15) is 17.7 Å². The fourth-order valence-electron chi connectivity index (χ4n) is 3.23. The molecule has 0 unspecified atom stereocenters. The van der Waals surface area contributed by atoms with Crippen LogP contribution in [0.5, 0.6) is 11.5 Å². The number of ether oxygens (including phenoxy) is 2. The molecule has 1 aromatic heterocycles. The molecule has 8 nitrogen and oxygen atoms in total. The first-order valence-corrected chi connectivity index (χ1v) is 11.6. The minimum absolute atomic E-state index is 0.0692. The molecule has 33 heavy (non-hydrogen) atoms. The predicted octanol–water partition coefficient (Wildman–Crippen LogP) is 5.09. The Balaban J connectivity index is 2.03. The summed E-state index contributed by atoms with van der Waals surface area (Å²) in [5.41, 5.74) is 3.89. The lowest BCUT2D eigenvalue weighted by molar-refractivity contribution is -0.479. The van der Waals surface area contributed by atoms with Gasteiger partial charge < -0.3 is 9.47 Å². The topological polar surface area (TPSA) is 92.3 Å². The molecule has 0 saturated heterocycles. The molecule has 0 amide bonds. The lowest BCUT2D eigenvalue weighted by Gasteiger charge is -2.18. The molecule has 0 fully saturated rings. The monoisotopic (exact) mass is 530 g/mol. The van der Waals surface area contributed by atoms with Crippen LogP contribution >= 0.6 is 27.7 Å². The highest BCUT2D eigenvalue weighted by atomic mass is 79.9. The molecule has 0 aliphatic carbocycles. The van der Waals surface area contributed by atoms with Crippen LogP contribution in [0.2, 0.25) is 0 Å². The number of rotatable bonds is 9. The molecule has 3 aromatic rings. The van der Waals surface area contributed by atoms with Crippen molar-refractivity contribution in [3.63, 3.8) is 0 Å². The molecule has 0 saturated carbocycles. The van der Waals surface area contributed by atoms with E-state index < -0.39 is 5.25 Å². The van der Waals surface area contributed by atoms with Crippen LogP contribution in [0.1, 0.15) is 27.8 Å². The minimum atomic E-state index is -0.555. The Kier molecular flexibility index (Phi) is 8.00. The van der Waals surface area contributed by atoms with Crippen molar-refractivity contribution in [2.45, 2.75) is 31.2 Å². The van der Waals surface area contributed by atoms with Crippen molar-refractivity contribution in [1.82, 2.24) is 14.8 Å². The fraction of sp³-hybridized carbons (Fsp3) is 0.304. The summed E-state index contributed by atoms with van der Waals surface area (Å²) in [6, 6.07) is 9.57. The predicted molar refractivity (Wildman–Crippen MR) is 131 cm³/mol. The van der Waals surface area contributed by atoms with Crippen LogP contribution < -0.4 is 9.47 Å². The normalized spacial score (nSPS) is 11.6. The number of terminal acetylenes is 1. The number of methoxy groups -OCH3 is 1. The van der Waals surface area contributed by atoms with Crippen molar-refractivity contribution >= 4 is 27.7 Å². The maximum Gasteiger partial charge on any atom is 0.220 e. The summed E-state index contributed by atoms with van der Waals surface area (Å²) in [7, 11) is 1.50. The first-order valence-electron chi connectivity index (χ1n) is 9.97. The van der Waals surface area contributed by atoms with E-state index in [2.05, 4.69) is 38.1 Å². The van der Waals surface area contributed by atoms with E-state index in [9.17, 15) is 10.1 Å². The zero-order chi connectivity index (χ0) is 24.1. The van der Waals surface area contributed by atoms with Crippen LogP contribution in [0.25, 0.3) is 5.69 Å². The number of aryl methyl sites for hydroxylation is 3. The van der Waals surface area contributed by atoms with Gasteiger partial charge in [-0.25, -0.2) is 0 Å². The summed E-state index contributed by atoms with van der Waals surface area (Å²) < 4.78 is 13.5. The number of benzene rings is 2. The van der Waals surface area contributed by atoms with Crippen molar-refractivity contribution in [1.29, 1.82) is 0 Å². The van der Waals surface area contributed by atoms with Gasteiger partial charge in [-0.05, 0) is 77.7 Å². The summed E-state index contributed by atoms with van der Waals surface area (Å²) in [4.78, 5) is 11.2. The highest BCUT2D eigenvalue weighted by molar-refractivity contribution is 9.10. The van der Waals surface area contributed by atoms with Crippen molar-refractivity contribution in [2.75, 3.05) is 20.3 Å². The highest BCUT2D eigenvalue weighted by Gasteiger charge is 2.26. The lowest BCUT2D eigenvalue weighted by atomic mass is 10.1. The molecule has 0 radical (unpaired) electrons. The van der Waals surface area contributed by atoms with Crippen molar-refractivity contribution in [3.8, 4) is 29.5 Å². The SMILES string of the molecule is C#CCOc1c(Br)cc([C@H](C[N+](=O)[O-])Sc2nnc(C)n2-c2ccc(C)c(C)c2)cc1OC. The van der Waals surface area contributed by atoms with Gasteiger partial charge in [-0.2, -0.15) is 0 Å². The van der Waals surface area contributed by atoms with E-state index >= 15 is 0 Å². The van der Waals surface area contributed by atoms with Gasteiger partial charge in [0.05, 0.1) is 11.6 Å². The van der Waals surface area contributed by atoms with Gasteiger partial charge in [0.25, 0.3) is 0 Å². The van der Waals surface area contributed by atoms with Gasteiger partial charge in [0.15, 0.2) is 16.7 Å². The molecule has 1 heterocycles. The maximum atomic E-state index is 11.5. The van der Waals surface area contributed by atoms with Crippen LogP contribution in [0.15, 0.2) is 40.0 Å². The maximum absolute atomic E-state index is 11.5. The number of nitro groups is 1. The molecule has 0 N–H and O–H groups in total. The van der Waals surface area contributed by atoms with Crippen molar-refractivity contribution < 1.29 is 14.4 Å². The average Bonchev–Trinajstić information content (AvgIpc) is 3.13. The molecule has 0 bridgehead atoms. The molecule has 1 atom stereocenters. The molecule has 3 rings (SSSR count). The molecular formula is C23H23BrN4O4S. The first kappa shape index (κ1) is 24.6. The Bertz CT molecular complexity index is 1220. The third-order valence-electron chi connectivity index (χ3n) is 5.03. The van der Waals surface area contributed by atoms with Crippen LogP contribution in [0.4, 0.5) is 0 Å². The summed E-state index contributed by atoms with van der Waals surface area (Å²) in [5, 5.41) is 20.1. The molecule has 0 aliphatic heterocycles. The number of thioether (sulfide) groups is 1. The van der Waals surface area contributed by atoms with E-state index in [0.29, 0.717) is 32.5 Å². The third kappa shape index (κ3) is 5.67. The van der Waals surface area contributed by atoms with Gasteiger partial charge in [-0.15, -0.1) is 16.6 Å². The first-order chi connectivity index (χ1) is 15.7. The van der Waals surface area contributed by atoms with E-state index in [4.69, 9.17) is 15.9 Å². The fourth-order valence-corrected chi connectivity index (χ4v) is 4.96. The van der Waals surface area contributed by atoms with E-state index in [1.807, 2.05) is 37.5 Å². The highest BCUT2D eigenvalue weighted by Crippen LogP contribution is 2.43. The quantitative estimate of drug-likeness (QED) is 0.165. The Labute approximate surface area is 205 Å². The number of hydrogen-bond donors (Lipinski definition) is 0. The summed E-state index contributed by atoms with van der Waals surface area (Å²) >= 11 is 4.75. The second kappa shape index (κ2) is 10.7. The van der Waals surface area contributed by atoms with Gasteiger partial charge in [0.2, 0.25) is 6.54 Å². The van der Waals surface area contributed by atoms with E-state index in [-0.39, 0.29) is 18.1 Å². The summed E-state index contributed by atoms with van der Waals surface area (Å²) in [6.07, 6.45) is 5.29. The van der Waals surface area contributed by atoms with Crippen molar-refractivity contribution in [2.24, 2.45) is 0 Å². The van der Waals surface area contributed by atoms with E-state index in [1.165, 1.54) is 24.4 Å². The zero-order valence-electron chi connectivity index (χ0n) is 18.7. The lowest BCUT2D eigenvalue weighted by Crippen LogP contribution is -2.12. The molecule has 0 spiro atoms. The smallest absolute Gasteiger partial charge is 0.220 e. The molecular weight excluding hydrogens is 508 g/mol. The minimum Gasteiger partial charge on any atom is -0.493 e. The second-order valence-electron chi connectivity index (χ2n) is 7.28.